The minimum atomic E-state index is -0.919. The number of Topliss-reactive ketones (excluding diaryl/α,β-unsaturated/α-hetero) is 1. The lowest BCUT2D eigenvalue weighted by atomic mass is 10.1. The molecule has 78 valence electrons. The summed E-state index contributed by atoms with van der Waals surface area (Å²) >= 11 is 0. The fourth-order valence-corrected chi connectivity index (χ4v) is 1.29. The van der Waals surface area contributed by atoms with Crippen molar-refractivity contribution in [2.45, 2.75) is 12.5 Å². The second kappa shape index (κ2) is 4.14. The van der Waals surface area contributed by atoms with Crippen molar-refractivity contribution in [1.29, 1.82) is 0 Å². The van der Waals surface area contributed by atoms with Crippen LogP contribution in [0.4, 0.5) is 0 Å². The second-order valence-electron chi connectivity index (χ2n) is 3.14. The van der Waals surface area contributed by atoms with Crippen LogP contribution in [0.3, 0.4) is 0 Å². The molecule has 0 aromatic carbocycles. The fourth-order valence-electron chi connectivity index (χ4n) is 1.29. The van der Waals surface area contributed by atoms with E-state index in [1.807, 2.05) is 0 Å². The van der Waals surface area contributed by atoms with Gasteiger partial charge >= 0.3 is 0 Å². The highest BCUT2D eigenvalue weighted by molar-refractivity contribution is 5.93. The average Bonchev–Trinajstić information content (AvgIpc) is 2.91. The molecule has 2 aromatic heterocycles. The Kier molecular flexibility index (Phi) is 2.69. The Morgan fingerprint density at radius 1 is 1.27 bits per heavy atom. The van der Waals surface area contributed by atoms with E-state index in [1.54, 1.807) is 24.3 Å². The first-order chi connectivity index (χ1) is 7.27. The van der Waals surface area contributed by atoms with E-state index >= 15 is 0 Å². The largest absolute Gasteiger partial charge is 0.467 e. The van der Waals surface area contributed by atoms with Gasteiger partial charge in [0.05, 0.1) is 12.5 Å². The van der Waals surface area contributed by atoms with Gasteiger partial charge in [0.2, 0.25) is 5.78 Å². The lowest BCUT2D eigenvalue weighted by molar-refractivity contribution is 0.0818. The van der Waals surface area contributed by atoms with E-state index in [1.165, 1.54) is 12.5 Å². The molecular formula is C11H10O4. The normalized spacial score (nSPS) is 12.6. The maximum absolute atomic E-state index is 11.5. The zero-order valence-electron chi connectivity index (χ0n) is 7.92. The summed E-state index contributed by atoms with van der Waals surface area (Å²) in [4.78, 5) is 11.5. The molecule has 2 heterocycles. The van der Waals surface area contributed by atoms with Crippen molar-refractivity contribution in [1.82, 2.24) is 0 Å². The van der Waals surface area contributed by atoms with Crippen LogP contribution < -0.4 is 0 Å². The average molecular weight is 206 g/mol. The van der Waals surface area contributed by atoms with E-state index in [9.17, 15) is 9.90 Å². The number of carbonyl (C=O) groups excluding carboxylic acids is 1. The molecule has 0 aliphatic carbocycles. The molecule has 2 rings (SSSR count). The van der Waals surface area contributed by atoms with Crippen LogP contribution in [0.1, 0.15) is 28.8 Å². The van der Waals surface area contributed by atoms with Gasteiger partial charge in [-0.2, -0.15) is 0 Å². The second-order valence-corrected chi connectivity index (χ2v) is 3.14. The number of ketones is 1. The fraction of sp³-hybridized carbons (Fsp3) is 0.182. The number of hydrogen-bond acceptors (Lipinski definition) is 4. The van der Waals surface area contributed by atoms with Crippen molar-refractivity contribution < 1.29 is 18.7 Å². The van der Waals surface area contributed by atoms with E-state index in [-0.39, 0.29) is 18.0 Å². The summed E-state index contributed by atoms with van der Waals surface area (Å²) < 4.78 is 9.90. The molecule has 1 atom stereocenters. The number of aliphatic hydroxyl groups excluding tert-OH is 1. The summed E-state index contributed by atoms with van der Waals surface area (Å²) in [7, 11) is 0. The minimum Gasteiger partial charge on any atom is -0.467 e. The first kappa shape index (κ1) is 9.73. The summed E-state index contributed by atoms with van der Waals surface area (Å²) in [5, 5.41) is 9.62. The Hall–Kier alpha value is -1.81. The Morgan fingerprint density at radius 2 is 2.00 bits per heavy atom. The standard InChI is InChI=1S/C11H10O4/c12-8(10-3-1-5-14-10)7-9(13)11-4-2-6-15-11/h1-6,8,12H,7H2. The van der Waals surface area contributed by atoms with Gasteiger partial charge in [0, 0.05) is 6.42 Å². The predicted molar refractivity (Wildman–Crippen MR) is 51.3 cm³/mol. The molecule has 0 spiro atoms. The maximum atomic E-state index is 11.5. The highest BCUT2D eigenvalue weighted by atomic mass is 16.4. The number of rotatable bonds is 4. The zero-order valence-corrected chi connectivity index (χ0v) is 7.92. The van der Waals surface area contributed by atoms with Crippen LogP contribution in [0.2, 0.25) is 0 Å². The van der Waals surface area contributed by atoms with Crippen molar-refractivity contribution in [2.24, 2.45) is 0 Å². The van der Waals surface area contributed by atoms with Crippen molar-refractivity contribution in [2.75, 3.05) is 0 Å². The van der Waals surface area contributed by atoms with Crippen LogP contribution in [0, 0.1) is 0 Å². The smallest absolute Gasteiger partial charge is 0.201 e. The van der Waals surface area contributed by atoms with E-state index < -0.39 is 6.10 Å². The van der Waals surface area contributed by atoms with Crippen molar-refractivity contribution >= 4 is 5.78 Å². The third-order valence-electron chi connectivity index (χ3n) is 2.05. The molecule has 0 radical (unpaired) electrons. The SMILES string of the molecule is O=C(CC(O)c1ccco1)c1ccco1. The van der Waals surface area contributed by atoms with Gasteiger partial charge in [0.15, 0.2) is 5.76 Å². The Bertz CT molecular complexity index is 413. The number of carbonyl (C=O) groups is 1. The first-order valence-corrected chi connectivity index (χ1v) is 4.55. The molecular weight excluding hydrogens is 196 g/mol. The molecule has 2 aromatic rings. The van der Waals surface area contributed by atoms with E-state index in [2.05, 4.69) is 0 Å². The molecule has 4 heteroatoms. The van der Waals surface area contributed by atoms with Crippen LogP contribution in [-0.2, 0) is 0 Å². The Balaban J connectivity index is 2.01. The zero-order chi connectivity index (χ0) is 10.7. The third-order valence-corrected chi connectivity index (χ3v) is 2.05. The third kappa shape index (κ3) is 2.16. The number of furan rings is 2. The summed E-state index contributed by atoms with van der Waals surface area (Å²) in [6.45, 7) is 0. The summed E-state index contributed by atoms with van der Waals surface area (Å²) in [5.41, 5.74) is 0. The van der Waals surface area contributed by atoms with E-state index in [0.717, 1.165) is 0 Å². The Morgan fingerprint density at radius 3 is 2.60 bits per heavy atom. The molecule has 1 unspecified atom stereocenters. The van der Waals surface area contributed by atoms with Gasteiger partial charge in [0.25, 0.3) is 0 Å². The molecule has 0 aliphatic heterocycles. The van der Waals surface area contributed by atoms with Gasteiger partial charge in [-0.1, -0.05) is 0 Å². The maximum Gasteiger partial charge on any atom is 0.201 e. The summed E-state index contributed by atoms with van der Waals surface area (Å²) in [5.74, 6) is 0.388. The molecule has 1 N–H and O–H groups in total. The quantitative estimate of drug-likeness (QED) is 0.778. The van der Waals surface area contributed by atoms with E-state index in [4.69, 9.17) is 8.83 Å². The van der Waals surface area contributed by atoms with Gasteiger partial charge in [-0.3, -0.25) is 4.79 Å². The topological polar surface area (TPSA) is 63.6 Å². The Labute approximate surface area is 86.1 Å². The molecule has 0 amide bonds. The van der Waals surface area contributed by atoms with Crippen LogP contribution >= 0.6 is 0 Å². The lowest BCUT2D eigenvalue weighted by Gasteiger charge is -2.04. The highest BCUT2D eigenvalue weighted by Gasteiger charge is 2.18. The number of hydrogen-bond donors (Lipinski definition) is 1. The van der Waals surface area contributed by atoms with Gasteiger partial charge in [-0.15, -0.1) is 0 Å². The summed E-state index contributed by atoms with van der Waals surface area (Å²) in [6.07, 6.45) is 1.92. The van der Waals surface area contributed by atoms with Crippen LogP contribution in [0.5, 0.6) is 0 Å². The van der Waals surface area contributed by atoms with Crippen LogP contribution in [-0.4, -0.2) is 10.9 Å². The molecule has 0 fully saturated rings. The van der Waals surface area contributed by atoms with E-state index in [0.29, 0.717) is 5.76 Å². The van der Waals surface area contributed by atoms with Crippen LogP contribution in [0.15, 0.2) is 45.6 Å². The molecule has 15 heavy (non-hydrogen) atoms. The molecule has 0 saturated heterocycles. The minimum absolute atomic E-state index is 0.0406. The molecule has 4 nitrogen and oxygen atoms in total. The van der Waals surface area contributed by atoms with Crippen molar-refractivity contribution in [3.8, 4) is 0 Å². The first-order valence-electron chi connectivity index (χ1n) is 4.55. The van der Waals surface area contributed by atoms with Gasteiger partial charge in [0.1, 0.15) is 11.9 Å². The molecule has 0 saturated carbocycles. The summed E-state index contributed by atoms with van der Waals surface area (Å²) in [6, 6.07) is 6.49. The lowest BCUT2D eigenvalue weighted by Crippen LogP contribution is -2.05. The van der Waals surface area contributed by atoms with Gasteiger partial charge < -0.3 is 13.9 Å². The van der Waals surface area contributed by atoms with Crippen molar-refractivity contribution in [3.05, 3.63) is 48.3 Å². The predicted octanol–water partition coefficient (Wildman–Crippen LogP) is 2.18. The highest BCUT2D eigenvalue weighted by Crippen LogP contribution is 2.19. The molecule has 0 aliphatic rings. The van der Waals surface area contributed by atoms with Crippen LogP contribution in [0.25, 0.3) is 0 Å². The number of aliphatic hydroxyl groups is 1. The monoisotopic (exact) mass is 206 g/mol. The molecule has 0 bridgehead atoms. The van der Waals surface area contributed by atoms with Gasteiger partial charge in [-0.05, 0) is 24.3 Å². The van der Waals surface area contributed by atoms with Crippen molar-refractivity contribution in [3.63, 3.8) is 0 Å². The van der Waals surface area contributed by atoms with Gasteiger partial charge in [-0.25, -0.2) is 0 Å².